The average Bonchev–Trinajstić information content (AvgIpc) is 2.75. The monoisotopic (exact) mass is 235 g/mol. The Morgan fingerprint density at radius 2 is 2.00 bits per heavy atom. The molecule has 0 aromatic carbocycles. The maximum absolute atomic E-state index is 4.17. The molecule has 2 rings (SSSR count). The summed E-state index contributed by atoms with van der Waals surface area (Å²) in [6.07, 6.45) is 12.4. The van der Waals surface area contributed by atoms with Crippen LogP contribution >= 0.6 is 0 Å². The second kappa shape index (κ2) is 6.08. The Labute approximate surface area is 105 Å². The highest BCUT2D eigenvalue weighted by Gasteiger charge is 2.20. The van der Waals surface area contributed by atoms with E-state index in [2.05, 4.69) is 17.3 Å². The Balaban J connectivity index is 1.68. The number of anilines is 1. The van der Waals surface area contributed by atoms with Gasteiger partial charge in [-0.1, -0.05) is 32.6 Å². The van der Waals surface area contributed by atoms with Crippen LogP contribution in [0.3, 0.4) is 0 Å². The van der Waals surface area contributed by atoms with Gasteiger partial charge < -0.3 is 5.32 Å². The summed E-state index contributed by atoms with van der Waals surface area (Å²) in [5, 5.41) is 7.67. The highest BCUT2D eigenvalue weighted by molar-refractivity contribution is 5.37. The van der Waals surface area contributed by atoms with E-state index in [1.807, 2.05) is 24.1 Å². The van der Waals surface area contributed by atoms with Crippen molar-refractivity contribution in [1.82, 2.24) is 9.78 Å². The van der Waals surface area contributed by atoms with E-state index in [1.165, 1.54) is 38.5 Å². The van der Waals surface area contributed by atoms with E-state index in [9.17, 15) is 0 Å². The minimum absolute atomic E-state index is 0.864. The molecule has 0 radical (unpaired) electrons. The van der Waals surface area contributed by atoms with Crippen LogP contribution in [0.1, 0.15) is 45.4 Å². The highest BCUT2D eigenvalue weighted by Crippen LogP contribution is 2.31. The Morgan fingerprint density at radius 1 is 1.29 bits per heavy atom. The molecule has 0 spiro atoms. The summed E-state index contributed by atoms with van der Waals surface area (Å²) in [7, 11) is 1.96. The molecular formula is C14H25N3. The van der Waals surface area contributed by atoms with Crippen molar-refractivity contribution < 1.29 is 0 Å². The molecule has 17 heavy (non-hydrogen) atoms. The quantitative estimate of drug-likeness (QED) is 0.847. The number of rotatable bonds is 5. The first-order chi connectivity index (χ1) is 8.28. The van der Waals surface area contributed by atoms with Crippen molar-refractivity contribution in [2.24, 2.45) is 18.9 Å². The Hall–Kier alpha value is -0.990. The molecule has 0 amide bonds. The lowest BCUT2D eigenvalue weighted by atomic mass is 9.80. The number of aromatic nitrogens is 2. The third kappa shape index (κ3) is 3.76. The van der Waals surface area contributed by atoms with Gasteiger partial charge in [0.1, 0.15) is 0 Å². The van der Waals surface area contributed by atoms with Gasteiger partial charge in [0.2, 0.25) is 0 Å². The molecule has 1 N–H and O–H groups in total. The Kier molecular flexibility index (Phi) is 4.46. The second-order valence-corrected chi connectivity index (χ2v) is 5.46. The van der Waals surface area contributed by atoms with Gasteiger partial charge >= 0.3 is 0 Å². The molecule has 96 valence electrons. The fourth-order valence-electron chi connectivity index (χ4n) is 2.91. The number of aryl methyl sites for hydroxylation is 1. The van der Waals surface area contributed by atoms with Gasteiger partial charge in [0.05, 0.1) is 11.9 Å². The van der Waals surface area contributed by atoms with Crippen molar-refractivity contribution in [1.29, 1.82) is 0 Å². The molecule has 1 aromatic rings. The minimum atomic E-state index is 0.864. The molecule has 0 aliphatic heterocycles. The van der Waals surface area contributed by atoms with Crippen LogP contribution in [-0.4, -0.2) is 16.3 Å². The molecule has 1 saturated carbocycles. The van der Waals surface area contributed by atoms with E-state index >= 15 is 0 Å². The summed E-state index contributed by atoms with van der Waals surface area (Å²) < 4.78 is 1.85. The van der Waals surface area contributed by atoms with Crippen LogP contribution in [0.25, 0.3) is 0 Å². The van der Waals surface area contributed by atoms with E-state index in [1.54, 1.807) is 0 Å². The fraction of sp³-hybridized carbons (Fsp3) is 0.786. The third-order valence-electron chi connectivity index (χ3n) is 3.96. The molecule has 1 aliphatic carbocycles. The first-order valence-electron chi connectivity index (χ1n) is 7.00. The van der Waals surface area contributed by atoms with Gasteiger partial charge in [-0.15, -0.1) is 0 Å². The highest BCUT2D eigenvalue weighted by atomic mass is 15.3. The van der Waals surface area contributed by atoms with Crippen molar-refractivity contribution in [3.05, 3.63) is 12.4 Å². The van der Waals surface area contributed by atoms with Crippen molar-refractivity contribution in [2.45, 2.75) is 45.4 Å². The van der Waals surface area contributed by atoms with Crippen molar-refractivity contribution in [3.8, 4) is 0 Å². The molecule has 3 nitrogen and oxygen atoms in total. The number of nitrogens with zero attached hydrogens (tertiary/aromatic N) is 2. The molecule has 1 aromatic heterocycles. The van der Waals surface area contributed by atoms with Gasteiger partial charge in [-0.2, -0.15) is 5.10 Å². The summed E-state index contributed by atoms with van der Waals surface area (Å²) in [5.74, 6) is 1.87. The summed E-state index contributed by atoms with van der Waals surface area (Å²) in [6, 6.07) is 0. The number of hydrogen-bond donors (Lipinski definition) is 1. The standard InChI is InChI=1S/C14H25N3/c1-3-4-12-5-7-13(8-6-12)9-15-14-10-16-17(2)11-14/h10-13,15H,3-9H2,1-2H3. The van der Waals surface area contributed by atoms with Crippen molar-refractivity contribution >= 4 is 5.69 Å². The second-order valence-electron chi connectivity index (χ2n) is 5.46. The Morgan fingerprint density at radius 3 is 2.59 bits per heavy atom. The average molecular weight is 235 g/mol. The zero-order chi connectivity index (χ0) is 12.1. The normalized spacial score (nSPS) is 24.8. The largest absolute Gasteiger partial charge is 0.382 e. The van der Waals surface area contributed by atoms with Crippen LogP contribution in [0.15, 0.2) is 12.4 Å². The Bertz CT molecular complexity index is 324. The minimum Gasteiger partial charge on any atom is -0.382 e. The van der Waals surface area contributed by atoms with Crippen molar-refractivity contribution in [3.63, 3.8) is 0 Å². The molecule has 3 heteroatoms. The maximum Gasteiger partial charge on any atom is 0.0726 e. The lowest BCUT2D eigenvalue weighted by molar-refractivity contribution is 0.270. The lowest BCUT2D eigenvalue weighted by Crippen LogP contribution is -2.21. The molecule has 1 fully saturated rings. The van der Waals surface area contributed by atoms with Crippen LogP contribution in [0.5, 0.6) is 0 Å². The molecule has 1 aliphatic rings. The summed E-state index contributed by atoms with van der Waals surface area (Å²) in [5.41, 5.74) is 1.16. The summed E-state index contributed by atoms with van der Waals surface area (Å²) in [6.45, 7) is 3.42. The molecule has 0 saturated heterocycles. The summed E-state index contributed by atoms with van der Waals surface area (Å²) >= 11 is 0. The zero-order valence-corrected chi connectivity index (χ0v) is 11.2. The van der Waals surface area contributed by atoms with Gasteiger partial charge in [-0.3, -0.25) is 4.68 Å². The maximum atomic E-state index is 4.17. The lowest BCUT2D eigenvalue weighted by Gasteiger charge is -2.28. The summed E-state index contributed by atoms with van der Waals surface area (Å²) in [4.78, 5) is 0. The van der Waals surface area contributed by atoms with E-state index in [-0.39, 0.29) is 0 Å². The van der Waals surface area contributed by atoms with E-state index in [4.69, 9.17) is 0 Å². The molecule has 1 heterocycles. The van der Waals surface area contributed by atoms with Crippen LogP contribution < -0.4 is 5.32 Å². The fourth-order valence-corrected chi connectivity index (χ4v) is 2.91. The van der Waals surface area contributed by atoms with Gasteiger partial charge in [-0.25, -0.2) is 0 Å². The predicted octanol–water partition coefficient (Wildman–Crippen LogP) is 3.44. The smallest absolute Gasteiger partial charge is 0.0726 e. The van der Waals surface area contributed by atoms with Crippen molar-refractivity contribution in [2.75, 3.05) is 11.9 Å². The van der Waals surface area contributed by atoms with E-state index in [0.717, 1.165) is 24.1 Å². The topological polar surface area (TPSA) is 29.9 Å². The first kappa shape index (κ1) is 12.5. The van der Waals surface area contributed by atoms with E-state index in [0.29, 0.717) is 0 Å². The number of hydrogen-bond acceptors (Lipinski definition) is 2. The number of nitrogens with one attached hydrogen (secondary N) is 1. The molecule has 0 unspecified atom stereocenters. The van der Waals surface area contributed by atoms with E-state index < -0.39 is 0 Å². The van der Waals surface area contributed by atoms with Crippen LogP contribution in [0.4, 0.5) is 5.69 Å². The first-order valence-corrected chi connectivity index (χ1v) is 7.00. The molecular weight excluding hydrogens is 210 g/mol. The van der Waals surface area contributed by atoms with Gasteiger partial charge in [0.15, 0.2) is 0 Å². The molecule has 0 bridgehead atoms. The van der Waals surface area contributed by atoms with Crippen LogP contribution in [0.2, 0.25) is 0 Å². The SMILES string of the molecule is CCCC1CCC(CNc2cnn(C)c2)CC1. The zero-order valence-electron chi connectivity index (χ0n) is 11.2. The van der Waals surface area contributed by atoms with Gasteiger partial charge in [-0.05, 0) is 24.7 Å². The molecule has 0 atom stereocenters. The third-order valence-corrected chi connectivity index (χ3v) is 3.96. The van der Waals surface area contributed by atoms with Crippen LogP contribution in [0, 0.1) is 11.8 Å². The predicted molar refractivity (Wildman–Crippen MR) is 72.1 cm³/mol. The van der Waals surface area contributed by atoms with Gasteiger partial charge in [0, 0.05) is 19.8 Å². The van der Waals surface area contributed by atoms with Gasteiger partial charge in [0.25, 0.3) is 0 Å². The van der Waals surface area contributed by atoms with Crippen LogP contribution in [-0.2, 0) is 7.05 Å².